The molecule has 3 rings (SSSR count). The van der Waals surface area contributed by atoms with Crippen molar-refractivity contribution in [3.63, 3.8) is 0 Å². The number of halogens is 2. The number of hydrogen-bond acceptors (Lipinski definition) is 3. The van der Waals surface area contributed by atoms with Crippen molar-refractivity contribution in [1.82, 2.24) is 4.90 Å². The molecule has 6 heteroatoms. The van der Waals surface area contributed by atoms with Crippen molar-refractivity contribution in [2.75, 3.05) is 19.7 Å². The van der Waals surface area contributed by atoms with Crippen LogP contribution in [0.4, 0.5) is 4.39 Å². The van der Waals surface area contributed by atoms with E-state index < -0.39 is 5.97 Å². The monoisotopic (exact) mass is 391 g/mol. The predicted molar refractivity (Wildman–Crippen MR) is 103 cm³/mol. The summed E-state index contributed by atoms with van der Waals surface area (Å²) in [5.74, 6) is 0.0906. The molecule has 0 radical (unpaired) electrons. The quantitative estimate of drug-likeness (QED) is 0.716. The molecule has 144 valence electrons. The molecule has 1 aliphatic rings. The average Bonchev–Trinajstić information content (AvgIpc) is 2.61. The zero-order valence-electron chi connectivity index (χ0n) is 15.2. The summed E-state index contributed by atoms with van der Waals surface area (Å²) < 4.78 is 19.4. The SMILES string of the molecule is CC(c1cc(F)ccc1Cl)N1CC(COc2cccc(CCC(=O)O)c2)C1. The van der Waals surface area contributed by atoms with E-state index in [1.165, 1.54) is 12.1 Å². The molecule has 0 amide bonds. The highest BCUT2D eigenvalue weighted by Crippen LogP contribution is 2.33. The number of likely N-dealkylation sites (tertiary alicyclic amines) is 1. The number of nitrogens with zero attached hydrogens (tertiary/aromatic N) is 1. The first-order valence-electron chi connectivity index (χ1n) is 9.05. The van der Waals surface area contributed by atoms with Gasteiger partial charge >= 0.3 is 5.97 Å². The molecule has 1 heterocycles. The van der Waals surface area contributed by atoms with Crippen LogP contribution in [-0.4, -0.2) is 35.7 Å². The third-order valence-electron chi connectivity index (χ3n) is 4.95. The normalized spacial score (nSPS) is 16.0. The van der Waals surface area contributed by atoms with Gasteiger partial charge in [0.2, 0.25) is 0 Å². The largest absolute Gasteiger partial charge is 0.493 e. The van der Waals surface area contributed by atoms with Gasteiger partial charge in [0, 0.05) is 36.5 Å². The van der Waals surface area contributed by atoms with Crippen LogP contribution in [0.5, 0.6) is 5.75 Å². The number of ether oxygens (including phenoxy) is 1. The molecule has 1 aliphatic heterocycles. The second kappa shape index (κ2) is 8.72. The number of aliphatic carboxylic acids is 1. The third-order valence-corrected chi connectivity index (χ3v) is 5.30. The topological polar surface area (TPSA) is 49.8 Å². The molecule has 0 bridgehead atoms. The van der Waals surface area contributed by atoms with Crippen LogP contribution in [0.3, 0.4) is 0 Å². The molecule has 0 spiro atoms. The smallest absolute Gasteiger partial charge is 0.303 e. The first-order chi connectivity index (χ1) is 12.9. The van der Waals surface area contributed by atoms with Gasteiger partial charge in [0.05, 0.1) is 6.61 Å². The summed E-state index contributed by atoms with van der Waals surface area (Å²) in [6, 6.07) is 12.1. The number of carboxylic acids is 1. The summed E-state index contributed by atoms with van der Waals surface area (Å²) in [6.45, 7) is 4.37. The van der Waals surface area contributed by atoms with Gasteiger partial charge in [-0.15, -0.1) is 0 Å². The van der Waals surface area contributed by atoms with E-state index in [0.29, 0.717) is 24.0 Å². The Kier molecular flexibility index (Phi) is 6.34. The lowest BCUT2D eigenvalue weighted by Crippen LogP contribution is -2.50. The minimum absolute atomic E-state index is 0.0591. The molecule has 4 nitrogen and oxygen atoms in total. The van der Waals surface area contributed by atoms with Crippen molar-refractivity contribution in [2.45, 2.75) is 25.8 Å². The molecule has 0 aliphatic carbocycles. The molecule has 1 atom stereocenters. The maximum atomic E-state index is 13.5. The molecular formula is C21H23ClFNO3. The standard InChI is InChI=1S/C21H23ClFNO3/c1-14(19-10-17(23)6-7-20(19)22)24-11-16(12-24)13-27-18-4-2-3-15(9-18)5-8-21(25)26/h2-4,6-7,9-10,14,16H,5,8,11-13H2,1H3,(H,25,26). The van der Waals surface area contributed by atoms with Crippen LogP contribution in [0, 0.1) is 11.7 Å². The Morgan fingerprint density at radius 1 is 1.33 bits per heavy atom. The highest BCUT2D eigenvalue weighted by Gasteiger charge is 2.32. The first-order valence-corrected chi connectivity index (χ1v) is 9.42. The number of hydrogen-bond donors (Lipinski definition) is 1. The van der Waals surface area contributed by atoms with Crippen LogP contribution in [0.15, 0.2) is 42.5 Å². The Morgan fingerprint density at radius 3 is 2.85 bits per heavy atom. The second-order valence-electron chi connectivity index (χ2n) is 7.01. The van der Waals surface area contributed by atoms with Crippen LogP contribution in [0.25, 0.3) is 0 Å². The lowest BCUT2D eigenvalue weighted by molar-refractivity contribution is -0.136. The van der Waals surface area contributed by atoms with Gasteiger partial charge in [-0.3, -0.25) is 9.69 Å². The zero-order valence-corrected chi connectivity index (χ0v) is 16.0. The zero-order chi connectivity index (χ0) is 19.4. The minimum atomic E-state index is -0.802. The predicted octanol–water partition coefficient (Wildman–Crippen LogP) is 4.57. The van der Waals surface area contributed by atoms with E-state index in [0.717, 1.165) is 30.0 Å². The minimum Gasteiger partial charge on any atom is -0.493 e. The summed E-state index contributed by atoms with van der Waals surface area (Å²) in [5, 5.41) is 9.36. The Balaban J connectivity index is 1.47. The van der Waals surface area contributed by atoms with E-state index in [9.17, 15) is 9.18 Å². The number of rotatable bonds is 8. The maximum Gasteiger partial charge on any atom is 0.303 e. The molecule has 2 aromatic carbocycles. The van der Waals surface area contributed by atoms with Gasteiger partial charge in [0.1, 0.15) is 11.6 Å². The van der Waals surface area contributed by atoms with Gasteiger partial charge in [0.15, 0.2) is 0 Å². The van der Waals surface area contributed by atoms with Crippen molar-refractivity contribution in [3.8, 4) is 5.75 Å². The van der Waals surface area contributed by atoms with Crippen molar-refractivity contribution in [2.24, 2.45) is 5.92 Å². The molecule has 1 N–H and O–H groups in total. The van der Waals surface area contributed by atoms with Crippen LogP contribution in [-0.2, 0) is 11.2 Å². The Morgan fingerprint density at radius 2 is 2.11 bits per heavy atom. The van der Waals surface area contributed by atoms with Gasteiger partial charge in [-0.1, -0.05) is 23.7 Å². The van der Waals surface area contributed by atoms with Crippen LogP contribution >= 0.6 is 11.6 Å². The second-order valence-corrected chi connectivity index (χ2v) is 7.42. The molecule has 1 unspecified atom stereocenters. The van der Waals surface area contributed by atoms with E-state index in [1.807, 2.05) is 31.2 Å². The van der Waals surface area contributed by atoms with Crippen molar-refractivity contribution < 1.29 is 19.0 Å². The lowest BCUT2D eigenvalue weighted by atomic mass is 9.95. The van der Waals surface area contributed by atoms with E-state index in [-0.39, 0.29) is 18.3 Å². The molecule has 1 fully saturated rings. The molecule has 0 aromatic heterocycles. The van der Waals surface area contributed by atoms with E-state index in [1.54, 1.807) is 6.07 Å². The van der Waals surface area contributed by atoms with Crippen molar-refractivity contribution in [1.29, 1.82) is 0 Å². The van der Waals surface area contributed by atoms with Crippen LogP contribution in [0.1, 0.15) is 30.5 Å². The Labute approximate surface area is 163 Å². The Hall–Kier alpha value is -2.11. The van der Waals surface area contributed by atoms with Crippen LogP contribution < -0.4 is 4.74 Å². The van der Waals surface area contributed by atoms with Gasteiger partial charge in [-0.05, 0) is 54.8 Å². The summed E-state index contributed by atoms with van der Waals surface area (Å²) >= 11 is 6.20. The molecule has 2 aromatic rings. The van der Waals surface area contributed by atoms with Gasteiger partial charge in [-0.2, -0.15) is 0 Å². The fourth-order valence-electron chi connectivity index (χ4n) is 3.32. The number of benzene rings is 2. The summed E-state index contributed by atoms with van der Waals surface area (Å²) in [5.41, 5.74) is 1.77. The van der Waals surface area contributed by atoms with Crippen molar-refractivity contribution >= 4 is 17.6 Å². The van der Waals surface area contributed by atoms with Crippen LogP contribution in [0.2, 0.25) is 5.02 Å². The van der Waals surface area contributed by atoms with Gasteiger partial charge < -0.3 is 9.84 Å². The number of carbonyl (C=O) groups is 1. The third kappa shape index (κ3) is 5.21. The highest BCUT2D eigenvalue weighted by molar-refractivity contribution is 6.31. The van der Waals surface area contributed by atoms with Crippen molar-refractivity contribution in [3.05, 3.63) is 64.4 Å². The van der Waals surface area contributed by atoms with Gasteiger partial charge in [-0.25, -0.2) is 4.39 Å². The molecule has 27 heavy (non-hydrogen) atoms. The molecular weight excluding hydrogens is 369 g/mol. The number of carboxylic acid groups (broad SMARTS) is 1. The first kappa shape index (κ1) is 19.6. The van der Waals surface area contributed by atoms with Gasteiger partial charge in [0.25, 0.3) is 0 Å². The molecule has 0 saturated carbocycles. The number of aryl methyl sites for hydroxylation is 1. The van der Waals surface area contributed by atoms with E-state index >= 15 is 0 Å². The van der Waals surface area contributed by atoms with E-state index in [4.69, 9.17) is 21.4 Å². The fraction of sp³-hybridized carbons (Fsp3) is 0.381. The summed E-state index contributed by atoms with van der Waals surface area (Å²) in [7, 11) is 0. The Bertz CT molecular complexity index is 808. The maximum absolute atomic E-state index is 13.5. The summed E-state index contributed by atoms with van der Waals surface area (Å²) in [4.78, 5) is 12.9. The lowest BCUT2D eigenvalue weighted by Gasteiger charge is -2.43. The highest BCUT2D eigenvalue weighted by atomic mass is 35.5. The fourth-order valence-corrected chi connectivity index (χ4v) is 3.59. The molecule has 1 saturated heterocycles. The summed E-state index contributed by atoms with van der Waals surface area (Å²) in [6.07, 6.45) is 0.608. The average molecular weight is 392 g/mol. The van der Waals surface area contributed by atoms with E-state index in [2.05, 4.69) is 4.90 Å².